The largest absolute Gasteiger partial charge is 0.304 e. The monoisotopic (exact) mass is 251 g/mol. The van der Waals surface area contributed by atoms with E-state index in [9.17, 15) is 4.39 Å². The Balaban J connectivity index is 2.33. The van der Waals surface area contributed by atoms with Crippen LogP contribution in [0, 0.1) is 19.7 Å². The number of halogens is 1. The molecule has 0 fully saturated rings. The maximum absolute atomic E-state index is 13.7. The molecule has 0 atom stereocenters. The lowest BCUT2D eigenvalue weighted by molar-refractivity contribution is 0.609. The Labute approximate surface area is 111 Å². The van der Waals surface area contributed by atoms with Crippen molar-refractivity contribution in [3.63, 3.8) is 0 Å². The van der Waals surface area contributed by atoms with Gasteiger partial charge < -0.3 is 4.57 Å². The quantitative estimate of drug-likeness (QED) is 0.619. The zero-order valence-electron chi connectivity index (χ0n) is 10.7. The summed E-state index contributed by atoms with van der Waals surface area (Å²) >= 11 is 0. The van der Waals surface area contributed by atoms with Crippen molar-refractivity contribution >= 4 is 24.7 Å². The lowest BCUT2D eigenvalue weighted by Crippen LogP contribution is -2.17. The molecular weight excluding hydrogens is 240 g/mol. The van der Waals surface area contributed by atoms with E-state index in [0.717, 1.165) is 11.2 Å². The third-order valence-electron chi connectivity index (χ3n) is 3.14. The highest BCUT2D eigenvalue weighted by Gasteiger charge is 2.11. The Bertz CT molecular complexity index is 756. The van der Waals surface area contributed by atoms with E-state index >= 15 is 0 Å². The van der Waals surface area contributed by atoms with E-state index in [4.69, 9.17) is 7.85 Å². The van der Waals surface area contributed by atoms with E-state index in [0.29, 0.717) is 22.5 Å². The first-order chi connectivity index (χ1) is 9.08. The number of hydrogen-bond acceptors (Lipinski definition) is 2. The summed E-state index contributed by atoms with van der Waals surface area (Å²) in [5.74, 6) is -0.190. The highest BCUT2D eigenvalue weighted by molar-refractivity contribution is 6.30. The topological polar surface area (TPSA) is 30.7 Å². The van der Waals surface area contributed by atoms with Crippen molar-refractivity contribution < 1.29 is 4.39 Å². The van der Waals surface area contributed by atoms with Crippen LogP contribution in [-0.4, -0.2) is 22.4 Å². The molecule has 3 aromatic rings. The van der Waals surface area contributed by atoms with Crippen LogP contribution >= 0.6 is 0 Å². The van der Waals surface area contributed by atoms with Gasteiger partial charge in [0.1, 0.15) is 5.82 Å². The van der Waals surface area contributed by atoms with E-state index in [1.807, 2.05) is 12.1 Å². The van der Waals surface area contributed by atoms with Crippen molar-refractivity contribution in [2.24, 2.45) is 0 Å². The van der Waals surface area contributed by atoms with Crippen LogP contribution in [0.4, 0.5) is 4.39 Å². The van der Waals surface area contributed by atoms with Crippen molar-refractivity contribution in [2.45, 2.75) is 13.8 Å². The van der Waals surface area contributed by atoms with Crippen molar-refractivity contribution in [1.82, 2.24) is 14.5 Å². The minimum Gasteiger partial charge on any atom is -0.304 e. The Morgan fingerprint density at radius 1 is 1.21 bits per heavy atom. The molecule has 0 aliphatic heterocycles. The van der Waals surface area contributed by atoms with Gasteiger partial charge in [-0.05, 0) is 49.2 Å². The van der Waals surface area contributed by atoms with Crippen LogP contribution in [0.1, 0.15) is 11.1 Å². The predicted octanol–water partition coefficient (Wildman–Crippen LogP) is 1.97. The van der Waals surface area contributed by atoms with Crippen LogP contribution in [-0.2, 0) is 0 Å². The number of benzene rings is 1. The number of pyridine rings is 1. The molecule has 5 heteroatoms. The van der Waals surface area contributed by atoms with Gasteiger partial charge >= 0.3 is 0 Å². The fourth-order valence-corrected chi connectivity index (χ4v) is 2.25. The van der Waals surface area contributed by atoms with Crippen LogP contribution in [0.25, 0.3) is 16.9 Å². The standard InChI is InChI=1S/C14H11BFN3/c1-8-6-10(7-9(2)12(8)16)19-11-4-3-5-17-13(11)18-14(19)15/h3-7H,1-2H3. The fraction of sp³-hybridized carbons (Fsp3) is 0.143. The van der Waals surface area contributed by atoms with Gasteiger partial charge in [-0.1, -0.05) is 0 Å². The minimum absolute atomic E-state index is 0.190. The number of fused-ring (bicyclic) bond motifs is 1. The van der Waals surface area contributed by atoms with Gasteiger partial charge in [-0.15, -0.1) is 0 Å². The normalized spacial score (nSPS) is 11.1. The van der Waals surface area contributed by atoms with Crippen LogP contribution in [0.3, 0.4) is 0 Å². The van der Waals surface area contributed by atoms with Gasteiger partial charge in [0.25, 0.3) is 0 Å². The second-order valence-corrected chi connectivity index (χ2v) is 4.55. The Morgan fingerprint density at radius 2 is 1.89 bits per heavy atom. The van der Waals surface area contributed by atoms with Gasteiger partial charge in [-0.2, -0.15) is 0 Å². The second-order valence-electron chi connectivity index (χ2n) is 4.55. The maximum Gasteiger partial charge on any atom is 0.177 e. The molecule has 3 nitrogen and oxygen atoms in total. The molecule has 0 aliphatic carbocycles. The first kappa shape index (κ1) is 11.9. The molecule has 1 aromatic carbocycles. The average molecular weight is 251 g/mol. The molecular formula is C14H11BFN3. The van der Waals surface area contributed by atoms with Crippen LogP contribution in [0.2, 0.25) is 0 Å². The molecule has 2 aromatic heterocycles. The average Bonchev–Trinajstić information content (AvgIpc) is 2.71. The number of aryl methyl sites for hydroxylation is 2. The number of nitrogens with zero attached hydrogens (tertiary/aromatic N) is 3. The second kappa shape index (κ2) is 4.19. The minimum atomic E-state index is -0.190. The van der Waals surface area contributed by atoms with Crippen molar-refractivity contribution in [1.29, 1.82) is 0 Å². The van der Waals surface area contributed by atoms with E-state index in [-0.39, 0.29) is 5.82 Å². The van der Waals surface area contributed by atoms with E-state index in [1.54, 1.807) is 36.7 Å². The number of aromatic nitrogens is 3. The molecule has 0 saturated heterocycles. The van der Waals surface area contributed by atoms with Crippen LogP contribution in [0.5, 0.6) is 0 Å². The molecule has 0 saturated carbocycles. The number of rotatable bonds is 1. The summed E-state index contributed by atoms with van der Waals surface area (Å²) in [5.41, 5.74) is 3.70. The molecule has 0 bridgehead atoms. The van der Waals surface area contributed by atoms with Crippen molar-refractivity contribution in [3.8, 4) is 5.69 Å². The van der Waals surface area contributed by atoms with Gasteiger partial charge in [-0.3, -0.25) is 0 Å². The molecule has 0 aliphatic rings. The molecule has 0 unspecified atom stereocenters. The van der Waals surface area contributed by atoms with E-state index in [1.165, 1.54) is 0 Å². The molecule has 92 valence electrons. The Morgan fingerprint density at radius 3 is 2.58 bits per heavy atom. The molecule has 2 radical (unpaired) electrons. The van der Waals surface area contributed by atoms with E-state index in [2.05, 4.69) is 9.97 Å². The first-order valence-electron chi connectivity index (χ1n) is 5.94. The number of imidazole rings is 1. The Hall–Kier alpha value is -2.17. The highest BCUT2D eigenvalue weighted by Crippen LogP contribution is 2.20. The summed E-state index contributed by atoms with van der Waals surface area (Å²) in [6.07, 6.45) is 1.67. The molecule has 0 N–H and O–H groups in total. The summed E-state index contributed by atoms with van der Waals surface area (Å²) in [4.78, 5) is 8.37. The highest BCUT2D eigenvalue weighted by atomic mass is 19.1. The lowest BCUT2D eigenvalue weighted by atomic mass is 10.1. The third-order valence-corrected chi connectivity index (χ3v) is 3.14. The molecule has 0 spiro atoms. The summed E-state index contributed by atoms with van der Waals surface area (Å²) < 4.78 is 15.5. The van der Waals surface area contributed by atoms with Crippen LogP contribution in [0.15, 0.2) is 30.5 Å². The predicted molar refractivity (Wildman–Crippen MR) is 73.7 cm³/mol. The molecule has 3 rings (SSSR count). The van der Waals surface area contributed by atoms with Crippen LogP contribution < -0.4 is 5.72 Å². The zero-order chi connectivity index (χ0) is 13.6. The van der Waals surface area contributed by atoms with Gasteiger partial charge in [0.15, 0.2) is 13.5 Å². The van der Waals surface area contributed by atoms with Crippen molar-refractivity contribution in [2.75, 3.05) is 0 Å². The summed E-state index contributed by atoms with van der Waals surface area (Å²) in [5, 5.41) is 0. The molecule has 0 amide bonds. The molecule has 19 heavy (non-hydrogen) atoms. The SMILES string of the molecule is [B]c1nc2ncccc2n1-c1cc(C)c(F)c(C)c1. The van der Waals surface area contributed by atoms with E-state index < -0.39 is 0 Å². The lowest BCUT2D eigenvalue weighted by Gasteiger charge is -2.10. The fourth-order valence-electron chi connectivity index (χ4n) is 2.25. The zero-order valence-corrected chi connectivity index (χ0v) is 10.7. The van der Waals surface area contributed by atoms with Crippen molar-refractivity contribution in [3.05, 3.63) is 47.4 Å². The summed E-state index contributed by atoms with van der Waals surface area (Å²) in [6.45, 7) is 3.47. The van der Waals surface area contributed by atoms with Gasteiger partial charge in [0.2, 0.25) is 0 Å². The Kier molecular flexibility index (Phi) is 2.62. The summed E-state index contributed by atoms with van der Waals surface area (Å²) in [6, 6.07) is 7.22. The third kappa shape index (κ3) is 1.82. The first-order valence-corrected chi connectivity index (χ1v) is 5.94. The smallest absolute Gasteiger partial charge is 0.177 e. The van der Waals surface area contributed by atoms with Gasteiger partial charge in [-0.25, -0.2) is 14.4 Å². The number of hydrogen-bond donors (Lipinski definition) is 0. The maximum atomic E-state index is 13.7. The van der Waals surface area contributed by atoms with Gasteiger partial charge in [0.05, 0.1) is 11.2 Å². The van der Waals surface area contributed by atoms with Gasteiger partial charge in [0, 0.05) is 11.9 Å². The summed E-state index contributed by atoms with van der Waals surface area (Å²) in [7, 11) is 5.94. The molecule has 2 heterocycles.